The molecule has 2 nitrogen and oxygen atoms in total. The van der Waals surface area contributed by atoms with Crippen molar-refractivity contribution in [2.45, 2.75) is 59.3 Å². The standard InChI is InChI=1S/C13H24O2/c1-10(9-13(2,3)12(14)15)11-7-5-4-6-8-11/h10-11H,4-9H2,1-3H3,(H,14,15). The summed E-state index contributed by atoms with van der Waals surface area (Å²) in [5.41, 5.74) is -0.559. The Bertz CT molecular complexity index is 215. The first-order chi connectivity index (χ1) is 6.93. The quantitative estimate of drug-likeness (QED) is 0.771. The summed E-state index contributed by atoms with van der Waals surface area (Å²) in [5, 5.41) is 9.09. The minimum atomic E-state index is -0.662. The van der Waals surface area contributed by atoms with Gasteiger partial charge >= 0.3 is 5.97 Å². The maximum Gasteiger partial charge on any atom is 0.309 e. The molecule has 0 heterocycles. The van der Waals surface area contributed by atoms with Gasteiger partial charge in [-0.15, -0.1) is 0 Å². The van der Waals surface area contributed by atoms with Crippen molar-refractivity contribution >= 4 is 5.97 Å². The Labute approximate surface area is 93.1 Å². The van der Waals surface area contributed by atoms with Gasteiger partial charge in [0.2, 0.25) is 0 Å². The van der Waals surface area contributed by atoms with Crippen molar-refractivity contribution < 1.29 is 9.90 Å². The number of carbonyl (C=O) groups is 1. The van der Waals surface area contributed by atoms with Crippen molar-refractivity contribution in [2.24, 2.45) is 17.3 Å². The van der Waals surface area contributed by atoms with Gasteiger partial charge in [-0.2, -0.15) is 0 Å². The number of rotatable bonds is 4. The predicted molar refractivity (Wildman–Crippen MR) is 61.8 cm³/mol. The number of hydrogen-bond acceptors (Lipinski definition) is 1. The van der Waals surface area contributed by atoms with Crippen LogP contribution in [0.1, 0.15) is 59.3 Å². The van der Waals surface area contributed by atoms with Crippen molar-refractivity contribution in [3.8, 4) is 0 Å². The zero-order valence-electron chi connectivity index (χ0n) is 10.3. The maximum absolute atomic E-state index is 11.0. The van der Waals surface area contributed by atoms with Gasteiger partial charge in [0.1, 0.15) is 0 Å². The normalized spacial score (nSPS) is 21.3. The van der Waals surface area contributed by atoms with Crippen LogP contribution >= 0.6 is 0 Å². The lowest BCUT2D eigenvalue weighted by molar-refractivity contribution is -0.148. The van der Waals surface area contributed by atoms with E-state index in [0.717, 1.165) is 12.3 Å². The summed E-state index contributed by atoms with van der Waals surface area (Å²) in [6.45, 7) is 5.91. The molecule has 2 heteroatoms. The van der Waals surface area contributed by atoms with Gasteiger partial charge in [-0.05, 0) is 32.1 Å². The van der Waals surface area contributed by atoms with Gasteiger partial charge in [0.25, 0.3) is 0 Å². The highest BCUT2D eigenvalue weighted by molar-refractivity contribution is 5.73. The monoisotopic (exact) mass is 212 g/mol. The molecule has 1 fully saturated rings. The van der Waals surface area contributed by atoms with Gasteiger partial charge in [0.15, 0.2) is 0 Å². The molecule has 1 unspecified atom stereocenters. The SMILES string of the molecule is CC(CC(C)(C)C(=O)O)C1CCCCC1. The third kappa shape index (κ3) is 3.51. The van der Waals surface area contributed by atoms with E-state index in [2.05, 4.69) is 6.92 Å². The molecule has 0 aromatic carbocycles. The molecule has 0 amide bonds. The zero-order valence-corrected chi connectivity index (χ0v) is 10.3. The molecule has 0 aromatic rings. The van der Waals surface area contributed by atoms with E-state index < -0.39 is 11.4 Å². The molecule has 0 saturated heterocycles. The number of aliphatic carboxylic acids is 1. The smallest absolute Gasteiger partial charge is 0.309 e. The molecule has 0 radical (unpaired) electrons. The molecule has 1 aliphatic carbocycles. The molecule has 88 valence electrons. The first-order valence-corrected chi connectivity index (χ1v) is 6.17. The van der Waals surface area contributed by atoms with Crippen molar-refractivity contribution in [2.75, 3.05) is 0 Å². The van der Waals surface area contributed by atoms with Crippen molar-refractivity contribution in [1.82, 2.24) is 0 Å². The van der Waals surface area contributed by atoms with Crippen LogP contribution in [0.25, 0.3) is 0 Å². The third-order valence-corrected chi connectivity index (χ3v) is 3.87. The van der Waals surface area contributed by atoms with Gasteiger partial charge in [-0.1, -0.05) is 39.0 Å². The Hall–Kier alpha value is -0.530. The molecule has 1 saturated carbocycles. The van der Waals surface area contributed by atoms with Crippen LogP contribution < -0.4 is 0 Å². The summed E-state index contributed by atoms with van der Waals surface area (Å²) >= 11 is 0. The second kappa shape index (κ2) is 5.00. The summed E-state index contributed by atoms with van der Waals surface area (Å²) in [7, 11) is 0. The molecule has 1 N–H and O–H groups in total. The largest absolute Gasteiger partial charge is 0.481 e. The highest BCUT2D eigenvalue weighted by Crippen LogP contribution is 2.36. The van der Waals surface area contributed by atoms with E-state index in [0.29, 0.717) is 5.92 Å². The van der Waals surface area contributed by atoms with E-state index in [9.17, 15) is 4.79 Å². The molecular formula is C13H24O2. The van der Waals surface area contributed by atoms with Crippen LogP contribution in [0.4, 0.5) is 0 Å². The fourth-order valence-corrected chi connectivity index (χ4v) is 2.76. The molecule has 0 spiro atoms. The first-order valence-electron chi connectivity index (χ1n) is 6.17. The number of carboxylic acids is 1. The van der Waals surface area contributed by atoms with E-state index >= 15 is 0 Å². The van der Waals surface area contributed by atoms with Crippen LogP contribution in [0.5, 0.6) is 0 Å². The minimum Gasteiger partial charge on any atom is -0.481 e. The highest BCUT2D eigenvalue weighted by Gasteiger charge is 2.32. The van der Waals surface area contributed by atoms with E-state index in [1.807, 2.05) is 13.8 Å². The van der Waals surface area contributed by atoms with Gasteiger partial charge in [-0.3, -0.25) is 4.79 Å². The Morgan fingerprint density at radius 1 is 1.33 bits per heavy atom. The second-order valence-electron chi connectivity index (χ2n) is 5.77. The van der Waals surface area contributed by atoms with Crippen molar-refractivity contribution in [1.29, 1.82) is 0 Å². The van der Waals surface area contributed by atoms with Gasteiger partial charge < -0.3 is 5.11 Å². The lowest BCUT2D eigenvalue weighted by Gasteiger charge is -2.32. The van der Waals surface area contributed by atoms with Crippen LogP contribution in [-0.2, 0) is 4.79 Å². The Kier molecular flexibility index (Phi) is 4.18. The summed E-state index contributed by atoms with van der Waals surface area (Å²) in [5.74, 6) is 0.652. The lowest BCUT2D eigenvalue weighted by Crippen LogP contribution is -2.29. The van der Waals surface area contributed by atoms with Crippen molar-refractivity contribution in [3.63, 3.8) is 0 Å². The van der Waals surface area contributed by atoms with Gasteiger partial charge in [0, 0.05) is 0 Å². The van der Waals surface area contributed by atoms with Gasteiger partial charge in [-0.25, -0.2) is 0 Å². The number of carboxylic acid groups (broad SMARTS) is 1. The third-order valence-electron chi connectivity index (χ3n) is 3.87. The summed E-state index contributed by atoms with van der Waals surface area (Å²) < 4.78 is 0. The topological polar surface area (TPSA) is 37.3 Å². The van der Waals surface area contributed by atoms with Crippen LogP contribution in [-0.4, -0.2) is 11.1 Å². The summed E-state index contributed by atoms with van der Waals surface area (Å²) in [4.78, 5) is 11.0. The highest BCUT2D eigenvalue weighted by atomic mass is 16.4. The Balaban J connectivity index is 2.46. The first kappa shape index (κ1) is 12.5. The molecule has 1 rings (SSSR count). The van der Waals surface area contributed by atoms with Crippen LogP contribution in [0.3, 0.4) is 0 Å². The van der Waals surface area contributed by atoms with Crippen LogP contribution in [0.15, 0.2) is 0 Å². The van der Waals surface area contributed by atoms with E-state index in [-0.39, 0.29) is 0 Å². The van der Waals surface area contributed by atoms with Crippen molar-refractivity contribution in [3.05, 3.63) is 0 Å². The van der Waals surface area contributed by atoms with E-state index in [1.54, 1.807) is 0 Å². The van der Waals surface area contributed by atoms with Crippen LogP contribution in [0.2, 0.25) is 0 Å². The van der Waals surface area contributed by atoms with E-state index in [1.165, 1.54) is 32.1 Å². The lowest BCUT2D eigenvalue weighted by atomic mass is 9.73. The molecular weight excluding hydrogens is 188 g/mol. The Morgan fingerprint density at radius 2 is 1.87 bits per heavy atom. The molecule has 0 aliphatic heterocycles. The average molecular weight is 212 g/mol. The van der Waals surface area contributed by atoms with Crippen LogP contribution in [0, 0.1) is 17.3 Å². The fraction of sp³-hybridized carbons (Fsp3) is 0.923. The van der Waals surface area contributed by atoms with Gasteiger partial charge in [0.05, 0.1) is 5.41 Å². The fourth-order valence-electron chi connectivity index (χ4n) is 2.76. The molecule has 1 atom stereocenters. The summed E-state index contributed by atoms with van der Waals surface area (Å²) in [6.07, 6.45) is 7.46. The Morgan fingerprint density at radius 3 is 2.33 bits per heavy atom. The molecule has 1 aliphatic rings. The second-order valence-corrected chi connectivity index (χ2v) is 5.77. The summed E-state index contributed by atoms with van der Waals surface area (Å²) in [6, 6.07) is 0. The number of hydrogen-bond donors (Lipinski definition) is 1. The average Bonchev–Trinajstić information content (AvgIpc) is 2.18. The molecule has 0 aromatic heterocycles. The maximum atomic E-state index is 11.0. The van der Waals surface area contributed by atoms with E-state index in [4.69, 9.17) is 5.11 Å². The predicted octanol–water partition coefficient (Wildman–Crippen LogP) is 3.70. The minimum absolute atomic E-state index is 0.552. The zero-order chi connectivity index (χ0) is 11.5. The molecule has 0 bridgehead atoms. The molecule has 15 heavy (non-hydrogen) atoms.